The minimum atomic E-state index is 0.766. The third-order valence-electron chi connectivity index (χ3n) is 5.21. The van der Waals surface area contributed by atoms with Crippen LogP contribution in [0.3, 0.4) is 0 Å². The molecule has 6 rings (SSSR count). The minimum Gasteiger partial charge on any atom is -0.234 e. The van der Waals surface area contributed by atoms with Crippen molar-refractivity contribution >= 4 is 64.7 Å². The molecular weight excluding hydrogens is 414 g/mol. The van der Waals surface area contributed by atoms with E-state index in [-0.39, 0.29) is 0 Å². The Balaban J connectivity index is 1.49. The van der Waals surface area contributed by atoms with Gasteiger partial charge in [0.25, 0.3) is 0 Å². The first-order valence-corrected chi connectivity index (χ1v) is 11.4. The van der Waals surface area contributed by atoms with Crippen LogP contribution in [0.15, 0.2) is 84.9 Å². The van der Waals surface area contributed by atoms with Crippen LogP contribution in [0, 0.1) is 0 Å². The number of nitrogens with zero attached hydrogens (tertiary/aromatic N) is 1. The fraction of sp³-hybridized carbons (Fsp3) is 0. The predicted octanol–water partition coefficient (Wildman–Crippen LogP) is 8.65. The summed E-state index contributed by atoms with van der Waals surface area (Å²) in [4.78, 5) is 4.90. The largest absolute Gasteiger partial charge is 0.234 e. The predicted molar refractivity (Wildman–Crippen MR) is 128 cm³/mol. The molecule has 0 unspecified atom stereocenters. The molecule has 0 N–H and O–H groups in total. The lowest BCUT2D eigenvalue weighted by atomic mass is 10.0. The number of fused-ring (bicyclic) bond motifs is 4. The molecule has 138 valence electrons. The van der Waals surface area contributed by atoms with Gasteiger partial charge in [0.15, 0.2) is 0 Å². The van der Waals surface area contributed by atoms with E-state index in [4.69, 9.17) is 16.6 Å². The number of thiazole rings is 1. The molecule has 0 radical (unpaired) electrons. The molecule has 2 heterocycles. The van der Waals surface area contributed by atoms with Crippen LogP contribution in [0.4, 0.5) is 0 Å². The van der Waals surface area contributed by atoms with Gasteiger partial charge in [0.1, 0.15) is 10.5 Å². The molecule has 0 aliphatic heterocycles. The van der Waals surface area contributed by atoms with Gasteiger partial charge < -0.3 is 0 Å². The highest BCUT2D eigenvalue weighted by atomic mass is 35.5. The first kappa shape index (κ1) is 17.2. The Morgan fingerprint density at radius 1 is 0.621 bits per heavy atom. The maximum absolute atomic E-state index is 6.81. The molecule has 0 amide bonds. The molecule has 6 aromatic rings. The van der Waals surface area contributed by atoms with Gasteiger partial charge in [-0.15, -0.1) is 22.7 Å². The number of thiophene rings is 1. The quantitative estimate of drug-likeness (QED) is 0.269. The first-order valence-electron chi connectivity index (χ1n) is 9.34. The van der Waals surface area contributed by atoms with Crippen molar-refractivity contribution in [1.82, 2.24) is 4.98 Å². The van der Waals surface area contributed by atoms with E-state index in [0.717, 1.165) is 30.5 Å². The second kappa shape index (κ2) is 6.67. The summed E-state index contributed by atoms with van der Waals surface area (Å²) in [6.45, 7) is 0. The summed E-state index contributed by atoms with van der Waals surface area (Å²) in [6, 6.07) is 29.7. The van der Waals surface area contributed by atoms with Crippen molar-refractivity contribution in [3.05, 3.63) is 90.0 Å². The van der Waals surface area contributed by atoms with E-state index in [1.807, 2.05) is 6.07 Å². The zero-order chi connectivity index (χ0) is 19.4. The van der Waals surface area contributed by atoms with Gasteiger partial charge in [0.05, 0.1) is 14.4 Å². The number of hydrogen-bond acceptors (Lipinski definition) is 3. The van der Waals surface area contributed by atoms with Crippen LogP contribution in [0.2, 0.25) is 5.02 Å². The van der Waals surface area contributed by atoms with Crippen LogP contribution in [0.25, 0.3) is 52.1 Å². The van der Waals surface area contributed by atoms with E-state index in [2.05, 4.69) is 78.9 Å². The van der Waals surface area contributed by atoms with Crippen molar-refractivity contribution in [3.63, 3.8) is 0 Å². The summed E-state index contributed by atoms with van der Waals surface area (Å²) in [6.07, 6.45) is 0. The van der Waals surface area contributed by atoms with Crippen molar-refractivity contribution < 1.29 is 0 Å². The summed E-state index contributed by atoms with van der Waals surface area (Å²) < 4.78 is 3.52. The first-order chi connectivity index (χ1) is 14.3. The number of hydrogen-bond donors (Lipinski definition) is 0. The van der Waals surface area contributed by atoms with Gasteiger partial charge in [-0.2, -0.15) is 0 Å². The number of benzene rings is 4. The van der Waals surface area contributed by atoms with Crippen molar-refractivity contribution in [3.8, 4) is 21.7 Å². The van der Waals surface area contributed by atoms with Crippen molar-refractivity contribution in [2.24, 2.45) is 0 Å². The molecule has 29 heavy (non-hydrogen) atoms. The molecule has 0 saturated carbocycles. The molecule has 1 nitrogen and oxygen atoms in total. The van der Waals surface area contributed by atoms with Crippen LogP contribution < -0.4 is 0 Å². The van der Waals surface area contributed by atoms with Crippen molar-refractivity contribution in [2.75, 3.05) is 0 Å². The van der Waals surface area contributed by atoms with Gasteiger partial charge in [-0.3, -0.25) is 0 Å². The lowest BCUT2D eigenvalue weighted by molar-refractivity contribution is 1.48. The van der Waals surface area contributed by atoms with Gasteiger partial charge in [-0.05, 0) is 23.3 Å². The van der Waals surface area contributed by atoms with Gasteiger partial charge in [0, 0.05) is 21.0 Å². The Morgan fingerprint density at radius 3 is 2.14 bits per heavy atom. The van der Waals surface area contributed by atoms with Crippen LogP contribution in [0.1, 0.15) is 0 Å². The van der Waals surface area contributed by atoms with Crippen molar-refractivity contribution in [2.45, 2.75) is 0 Å². The lowest BCUT2D eigenvalue weighted by Crippen LogP contribution is -1.79. The van der Waals surface area contributed by atoms with E-state index in [0.29, 0.717) is 0 Å². The second-order valence-corrected chi connectivity index (χ2v) is 9.44. The zero-order valence-corrected chi connectivity index (χ0v) is 17.6. The molecule has 4 heteroatoms. The van der Waals surface area contributed by atoms with Crippen LogP contribution >= 0.6 is 34.3 Å². The Labute approximate surface area is 180 Å². The van der Waals surface area contributed by atoms with E-state index in [1.54, 1.807) is 22.7 Å². The average Bonchev–Trinajstić information content (AvgIpc) is 3.37. The highest BCUT2D eigenvalue weighted by Gasteiger charge is 2.16. The topological polar surface area (TPSA) is 12.9 Å². The SMILES string of the molecule is Clc1c2nc(-c3ccc(-c4ccccc4)cc3)sc2cc2c1sc1ccccc12. The van der Waals surface area contributed by atoms with Crippen LogP contribution in [-0.2, 0) is 0 Å². The second-order valence-electron chi connectivity index (χ2n) is 6.97. The molecule has 0 saturated heterocycles. The molecule has 0 aliphatic rings. The molecule has 2 aromatic heterocycles. The van der Waals surface area contributed by atoms with E-state index in [1.165, 1.54) is 26.6 Å². The number of halogens is 1. The zero-order valence-electron chi connectivity index (χ0n) is 15.2. The molecule has 4 aromatic carbocycles. The minimum absolute atomic E-state index is 0.766. The van der Waals surface area contributed by atoms with Crippen LogP contribution in [-0.4, -0.2) is 4.98 Å². The summed E-state index contributed by atoms with van der Waals surface area (Å²) in [5.41, 5.74) is 4.45. The normalized spacial score (nSPS) is 11.6. The van der Waals surface area contributed by atoms with Gasteiger partial charge in [-0.25, -0.2) is 4.98 Å². The van der Waals surface area contributed by atoms with Gasteiger partial charge in [0.2, 0.25) is 0 Å². The lowest BCUT2D eigenvalue weighted by Gasteiger charge is -2.02. The summed E-state index contributed by atoms with van der Waals surface area (Å²) in [5.74, 6) is 0. The fourth-order valence-corrected chi connectivity index (χ4v) is 6.31. The monoisotopic (exact) mass is 427 g/mol. The standard InChI is InChI=1S/C25H14ClNS2/c26-22-23-21(14-19-18-8-4-5-9-20(18)28-24(19)22)29-25(27-23)17-12-10-16(11-13-17)15-6-2-1-3-7-15/h1-14H. The van der Waals surface area contributed by atoms with Gasteiger partial charge in [-0.1, -0.05) is 84.4 Å². The van der Waals surface area contributed by atoms with Crippen LogP contribution in [0.5, 0.6) is 0 Å². The smallest absolute Gasteiger partial charge is 0.124 e. The Bertz CT molecular complexity index is 1500. The molecule has 0 bridgehead atoms. The summed E-state index contributed by atoms with van der Waals surface area (Å²) in [7, 11) is 0. The third kappa shape index (κ3) is 2.77. The van der Waals surface area contributed by atoms with E-state index >= 15 is 0 Å². The molecular formula is C25H14ClNS2. The van der Waals surface area contributed by atoms with Gasteiger partial charge >= 0.3 is 0 Å². The van der Waals surface area contributed by atoms with E-state index in [9.17, 15) is 0 Å². The average molecular weight is 428 g/mol. The van der Waals surface area contributed by atoms with E-state index < -0.39 is 0 Å². The summed E-state index contributed by atoms with van der Waals surface area (Å²) >= 11 is 10.2. The highest BCUT2D eigenvalue weighted by Crippen LogP contribution is 2.44. The Morgan fingerprint density at radius 2 is 1.31 bits per heavy atom. The fourth-order valence-electron chi connectivity index (χ4n) is 3.76. The number of aromatic nitrogens is 1. The van der Waals surface area contributed by atoms with Crippen molar-refractivity contribution in [1.29, 1.82) is 0 Å². The Hall–Kier alpha value is -2.72. The number of rotatable bonds is 2. The highest BCUT2D eigenvalue weighted by molar-refractivity contribution is 7.27. The molecule has 0 atom stereocenters. The third-order valence-corrected chi connectivity index (χ3v) is 7.94. The molecule has 0 spiro atoms. The summed E-state index contributed by atoms with van der Waals surface area (Å²) in [5, 5.41) is 4.25. The molecule has 0 fully saturated rings. The molecule has 0 aliphatic carbocycles. The maximum Gasteiger partial charge on any atom is 0.124 e. The maximum atomic E-state index is 6.81. The Kier molecular flexibility index (Phi) is 3.95.